The Bertz CT molecular complexity index is 705. The molecular formula is C14H8N2O2. The van der Waals surface area contributed by atoms with Gasteiger partial charge >= 0.3 is 0 Å². The van der Waals surface area contributed by atoms with Gasteiger partial charge in [0.25, 0.3) is 0 Å². The summed E-state index contributed by atoms with van der Waals surface area (Å²) in [6.45, 7) is 0. The number of benzene rings is 2. The van der Waals surface area contributed by atoms with Crippen LogP contribution in [0.3, 0.4) is 0 Å². The van der Waals surface area contributed by atoms with Crippen LogP contribution >= 0.6 is 0 Å². The minimum absolute atomic E-state index is 0.156. The molecule has 0 amide bonds. The van der Waals surface area contributed by atoms with E-state index >= 15 is 0 Å². The summed E-state index contributed by atoms with van der Waals surface area (Å²) in [5, 5.41) is 3.28. The van der Waals surface area contributed by atoms with E-state index in [1.807, 2.05) is 0 Å². The summed E-state index contributed by atoms with van der Waals surface area (Å²) in [7, 11) is 0. The fourth-order valence-corrected chi connectivity index (χ4v) is 2.16. The summed E-state index contributed by atoms with van der Waals surface area (Å²) in [5.74, 6) is -0.345. The Morgan fingerprint density at radius 2 is 1.33 bits per heavy atom. The first-order valence-electron chi connectivity index (χ1n) is 5.42. The molecule has 0 fully saturated rings. The number of hydrogen-bond donors (Lipinski definition) is 1. The lowest BCUT2D eigenvalue weighted by atomic mass is 9.84. The molecule has 0 atom stereocenters. The van der Waals surface area contributed by atoms with Gasteiger partial charge in [0.05, 0.1) is 5.69 Å². The van der Waals surface area contributed by atoms with E-state index in [1.165, 1.54) is 6.07 Å². The summed E-state index contributed by atoms with van der Waals surface area (Å²) in [6, 6.07) is 11.4. The Morgan fingerprint density at radius 1 is 0.778 bits per heavy atom. The Labute approximate surface area is 103 Å². The van der Waals surface area contributed by atoms with Gasteiger partial charge < -0.3 is 0 Å². The third kappa shape index (κ3) is 1.32. The second kappa shape index (κ2) is 3.70. The molecule has 18 heavy (non-hydrogen) atoms. The van der Waals surface area contributed by atoms with Gasteiger partial charge in [-0.25, -0.2) is 5.53 Å². The average molecular weight is 236 g/mol. The molecule has 0 spiro atoms. The van der Waals surface area contributed by atoms with Gasteiger partial charge in [-0.2, -0.15) is 5.11 Å². The number of hydrogen-bond acceptors (Lipinski definition) is 4. The molecular weight excluding hydrogens is 228 g/mol. The maximum atomic E-state index is 12.3. The summed E-state index contributed by atoms with van der Waals surface area (Å²) >= 11 is 0. The van der Waals surface area contributed by atoms with E-state index in [-0.39, 0.29) is 11.6 Å². The van der Waals surface area contributed by atoms with E-state index in [9.17, 15) is 9.59 Å². The molecule has 0 saturated carbocycles. The highest BCUT2D eigenvalue weighted by Crippen LogP contribution is 2.29. The Balaban J connectivity index is 2.30. The molecule has 0 heterocycles. The zero-order valence-electron chi connectivity index (χ0n) is 9.31. The number of carbonyl (C=O) groups excluding carboxylic acids is 2. The van der Waals surface area contributed by atoms with E-state index in [0.717, 1.165) is 0 Å². The minimum atomic E-state index is -0.189. The van der Waals surface area contributed by atoms with Crippen molar-refractivity contribution in [2.24, 2.45) is 5.11 Å². The highest BCUT2D eigenvalue weighted by atomic mass is 16.1. The van der Waals surface area contributed by atoms with E-state index < -0.39 is 0 Å². The first kappa shape index (κ1) is 10.5. The maximum absolute atomic E-state index is 12.3. The lowest BCUT2D eigenvalue weighted by molar-refractivity contribution is 0.0979. The molecule has 3 rings (SSSR count). The Morgan fingerprint density at radius 3 is 1.94 bits per heavy atom. The second-order valence-electron chi connectivity index (χ2n) is 4.05. The standard InChI is InChI=1S/C14H8N2O2/c15-16-8-5-6-11-12(7-8)14(18)10-4-2-1-3-9(10)13(11)17/h1-7,15H. The molecule has 1 N–H and O–H groups in total. The van der Waals surface area contributed by atoms with E-state index in [2.05, 4.69) is 5.11 Å². The van der Waals surface area contributed by atoms with Crippen LogP contribution in [0.25, 0.3) is 0 Å². The van der Waals surface area contributed by atoms with Gasteiger partial charge in [-0.15, -0.1) is 0 Å². The predicted molar refractivity (Wildman–Crippen MR) is 64.6 cm³/mol. The van der Waals surface area contributed by atoms with Crippen molar-refractivity contribution in [3.05, 3.63) is 64.7 Å². The predicted octanol–water partition coefficient (Wildman–Crippen LogP) is 3.12. The number of rotatable bonds is 1. The molecule has 1 aliphatic carbocycles. The molecule has 0 unspecified atom stereocenters. The quantitative estimate of drug-likeness (QED) is 0.659. The number of nitrogens with zero attached hydrogens (tertiary/aromatic N) is 1. The van der Waals surface area contributed by atoms with Crippen LogP contribution in [0.15, 0.2) is 47.6 Å². The fourth-order valence-electron chi connectivity index (χ4n) is 2.16. The summed E-state index contributed by atoms with van der Waals surface area (Å²) in [4.78, 5) is 24.5. The van der Waals surface area contributed by atoms with Gasteiger partial charge in [-0.05, 0) is 18.2 Å². The first-order chi connectivity index (χ1) is 8.72. The molecule has 2 aromatic rings. The molecule has 0 saturated heterocycles. The number of nitrogens with one attached hydrogen (secondary N) is 1. The SMILES string of the molecule is N=Nc1ccc2c(c1)C(=O)c1ccccc1C2=O. The topological polar surface area (TPSA) is 70.3 Å². The zero-order valence-corrected chi connectivity index (χ0v) is 9.31. The molecule has 86 valence electrons. The van der Waals surface area contributed by atoms with Gasteiger partial charge in [-0.1, -0.05) is 24.3 Å². The summed E-state index contributed by atoms with van der Waals surface area (Å²) in [6.07, 6.45) is 0. The van der Waals surface area contributed by atoms with Crippen molar-refractivity contribution in [1.82, 2.24) is 0 Å². The van der Waals surface area contributed by atoms with E-state index in [0.29, 0.717) is 27.9 Å². The van der Waals surface area contributed by atoms with Crippen LogP contribution in [0, 0.1) is 5.53 Å². The third-order valence-corrected chi connectivity index (χ3v) is 3.04. The molecule has 0 aromatic heterocycles. The molecule has 0 bridgehead atoms. The molecule has 4 heteroatoms. The van der Waals surface area contributed by atoms with Crippen LogP contribution in [-0.4, -0.2) is 11.6 Å². The molecule has 2 aromatic carbocycles. The number of carbonyl (C=O) groups is 2. The van der Waals surface area contributed by atoms with E-state index in [4.69, 9.17) is 5.53 Å². The van der Waals surface area contributed by atoms with Crippen LogP contribution in [0.4, 0.5) is 5.69 Å². The zero-order chi connectivity index (χ0) is 12.7. The number of ketones is 2. The minimum Gasteiger partial charge on any atom is -0.289 e. The van der Waals surface area contributed by atoms with Crippen molar-refractivity contribution in [3.8, 4) is 0 Å². The van der Waals surface area contributed by atoms with Crippen LogP contribution in [0.1, 0.15) is 31.8 Å². The lowest BCUT2D eigenvalue weighted by Gasteiger charge is -2.17. The molecule has 0 aliphatic heterocycles. The van der Waals surface area contributed by atoms with Crippen molar-refractivity contribution in [1.29, 1.82) is 5.53 Å². The van der Waals surface area contributed by atoms with Crippen molar-refractivity contribution in [2.75, 3.05) is 0 Å². The Hall–Kier alpha value is -2.62. The van der Waals surface area contributed by atoms with Crippen LogP contribution < -0.4 is 0 Å². The monoisotopic (exact) mass is 236 g/mol. The van der Waals surface area contributed by atoms with Crippen LogP contribution in [0.2, 0.25) is 0 Å². The van der Waals surface area contributed by atoms with Gasteiger partial charge in [0.1, 0.15) is 0 Å². The van der Waals surface area contributed by atoms with Crippen LogP contribution in [0.5, 0.6) is 0 Å². The normalized spacial score (nSPS) is 12.9. The highest BCUT2D eigenvalue weighted by molar-refractivity contribution is 6.28. The average Bonchev–Trinajstić information content (AvgIpc) is 2.44. The van der Waals surface area contributed by atoms with Gasteiger partial charge in [0, 0.05) is 22.3 Å². The third-order valence-electron chi connectivity index (χ3n) is 3.04. The molecule has 0 radical (unpaired) electrons. The number of fused-ring (bicyclic) bond motifs is 2. The summed E-state index contributed by atoms with van der Waals surface area (Å²) < 4.78 is 0. The first-order valence-corrected chi connectivity index (χ1v) is 5.42. The molecule has 4 nitrogen and oxygen atoms in total. The smallest absolute Gasteiger partial charge is 0.194 e. The molecule has 1 aliphatic rings. The second-order valence-corrected chi connectivity index (χ2v) is 4.05. The largest absolute Gasteiger partial charge is 0.289 e. The summed E-state index contributed by atoms with van der Waals surface area (Å²) in [5.41, 5.74) is 8.88. The van der Waals surface area contributed by atoms with Gasteiger partial charge in [0.2, 0.25) is 0 Å². The Kier molecular flexibility index (Phi) is 2.16. The van der Waals surface area contributed by atoms with Gasteiger partial charge in [0.15, 0.2) is 11.6 Å². The van der Waals surface area contributed by atoms with Gasteiger partial charge in [-0.3, -0.25) is 9.59 Å². The van der Waals surface area contributed by atoms with Crippen LogP contribution in [-0.2, 0) is 0 Å². The van der Waals surface area contributed by atoms with Crippen molar-refractivity contribution >= 4 is 17.3 Å². The highest BCUT2D eigenvalue weighted by Gasteiger charge is 2.29. The maximum Gasteiger partial charge on any atom is 0.194 e. The van der Waals surface area contributed by atoms with E-state index in [1.54, 1.807) is 36.4 Å². The lowest BCUT2D eigenvalue weighted by Crippen LogP contribution is -2.20. The van der Waals surface area contributed by atoms with Crippen molar-refractivity contribution < 1.29 is 9.59 Å². The van der Waals surface area contributed by atoms with Crippen molar-refractivity contribution in [3.63, 3.8) is 0 Å². The fraction of sp³-hybridized carbons (Fsp3) is 0. The van der Waals surface area contributed by atoms with Crippen molar-refractivity contribution in [2.45, 2.75) is 0 Å².